The number of nitrogens with one attached hydrogen (secondary N) is 2. The van der Waals surface area contributed by atoms with Gasteiger partial charge in [-0.2, -0.15) is 0 Å². The van der Waals surface area contributed by atoms with Crippen LogP contribution >= 0.6 is 0 Å². The minimum absolute atomic E-state index is 0. The molecule has 2 heterocycles. The van der Waals surface area contributed by atoms with Gasteiger partial charge in [0, 0.05) is 35.9 Å². The predicted molar refractivity (Wildman–Crippen MR) is 50.2 cm³/mol. The fourth-order valence-corrected chi connectivity index (χ4v) is 0.902. The number of aromatic amines is 2. The van der Waals surface area contributed by atoms with Gasteiger partial charge in [0.15, 0.2) is 0 Å². The number of aromatic carboxylic acids is 2. The first-order chi connectivity index (χ1) is 7.61. The Hall–Kier alpha value is -0.500. The van der Waals surface area contributed by atoms with Gasteiger partial charge in [0.25, 0.3) is 0 Å². The molecule has 0 bridgehead atoms. The van der Waals surface area contributed by atoms with E-state index < -0.39 is 11.9 Å². The first-order valence-corrected chi connectivity index (χ1v) is 4.29. The Morgan fingerprint density at radius 3 is 1.28 bits per heavy atom. The van der Waals surface area contributed by atoms with Gasteiger partial charge in [0.05, 0.1) is 11.9 Å². The molecule has 0 aromatic carbocycles. The summed E-state index contributed by atoms with van der Waals surface area (Å²) < 4.78 is 0. The summed E-state index contributed by atoms with van der Waals surface area (Å²) >= 11 is 0. The Balaban J connectivity index is 0. The number of carbonyl (C=O) groups excluding carboxylic acids is 2. The van der Waals surface area contributed by atoms with Gasteiger partial charge in [-0.05, 0) is 12.1 Å². The maximum absolute atomic E-state index is 9.93. The smallest absolute Gasteiger partial charge is 0.545 e. The molecule has 0 aliphatic heterocycles. The van der Waals surface area contributed by atoms with E-state index in [1.807, 2.05) is 0 Å². The first-order valence-electron chi connectivity index (χ1n) is 4.29. The van der Waals surface area contributed by atoms with Crippen molar-refractivity contribution in [2.24, 2.45) is 0 Å². The van der Waals surface area contributed by atoms with E-state index in [-0.39, 0.29) is 70.2 Å². The molecule has 84 valence electrons. The van der Waals surface area contributed by atoms with Crippen LogP contribution in [-0.4, -0.2) is 21.9 Å². The Labute approximate surface area is 147 Å². The predicted octanol–water partition coefficient (Wildman–Crippen LogP) is -7.24. The molecule has 2 N–H and O–H groups in total. The van der Waals surface area contributed by atoms with Crippen molar-refractivity contribution in [2.45, 2.75) is 0 Å². The van der Waals surface area contributed by atoms with E-state index in [1.54, 1.807) is 0 Å². The number of carboxylic acid groups (broad SMARTS) is 2. The minimum Gasteiger partial charge on any atom is -0.545 e. The van der Waals surface area contributed by atoms with Crippen LogP contribution in [0.1, 0.15) is 20.7 Å². The fourth-order valence-electron chi connectivity index (χ4n) is 0.902. The average Bonchev–Trinajstić information content (AvgIpc) is 2.93. The largest absolute Gasteiger partial charge is 1.00 e. The van der Waals surface area contributed by atoms with Gasteiger partial charge >= 0.3 is 59.1 Å². The third-order valence-corrected chi connectivity index (χ3v) is 1.67. The summed E-state index contributed by atoms with van der Waals surface area (Å²) in [4.78, 5) is 25.0. The van der Waals surface area contributed by atoms with Crippen LogP contribution in [0.2, 0.25) is 0 Å². The summed E-state index contributed by atoms with van der Waals surface area (Å²) in [5, 5.41) is 19.9. The van der Waals surface area contributed by atoms with E-state index in [0.717, 1.165) is 0 Å². The molecule has 2 aromatic heterocycles. The van der Waals surface area contributed by atoms with Crippen molar-refractivity contribution in [1.82, 2.24) is 9.97 Å². The minimum atomic E-state index is -1.15. The summed E-state index contributed by atoms with van der Waals surface area (Å²) in [6.07, 6.45) is 5.81. The molecule has 8 heteroatoms. The molecule has 0 amide bonds. The fraction of sp³-hybridized carbons (Fsp3) is 0. The molecule has 18 heavy (non-hydrogen) atoms. The quantitative estimate of drug-likeness (QED) is 0.526. The van der Waals surface area contributed by atoms with Gasteiger partial charge in [-0.25, -0.2) is 0 Å². The zero-order valence-electron chi connectivity index (χ0n) is 10.1. The molecular formula is C10H8N2Na2O4. The van der Waals surface area contributed by atoms with Crippen molar-refractivity contribution in [3.8, 4) is 0 Å². The van der Waals surface area contributed by atoms with Crippen molar-refractivity contribution in [1.29, 1.82) is 0 Å². The molecule has 0 spiro atoms. The summed E-state index contributed by atoms with van der Waals surface area (Å²) in [7, 11) is 0. The van der Waals surface area contributed by atoms with Gasteiger partial charge in [-0.1, -0.05) is 0 Å². The number of rotatable bonds is 2. The molecule has 0 aliphatic carbocycles. The molecule has 6 nitrogen and oxygen atoms in total. The Bertz CT molecular complexity index is 410. The van der Waals surface area contributed by atoms with Gasteiger partial charge in [0.2, 0.25) is 0 Å². The van der Waals surface area contributed by atoms with Crippen LogP contribution in [0.3, 0.4) is 0 Å². The van der Waals surface area contributed by atoms with E-state index in [9.17, 15) is 19.8 Å². The van der Waals surface area contributed by atoms with Crippen molar-refractivity contribution >= 4 is 11.9 Å². The monoisotopic (exact) mass is 266 g/mol. The SMILES string of the molecule is O=C([O-])c1cc[nH]c1.O=C([O-])c1cc[nH]c1.[Na+].[Na+]. The molecule has 0 aliphatic rings. The Morgan fingerprint density at radius 1 is 0.833 bits per heavy atom. The van der Waals surface area contributed by atoms with Crippen LogP contribution in [0.4, 0.5) is 0 Å². The number of aromatic nitrogens is 2. The summed E-state index contributed by atoms with van der Waals surface area (Å²) in [5.74, 6) is -2.29. The number of hydrogen-bond acceptors (Lipinski definition) is 4. The second-order valence-electron chi connectivity index (χ2n) is 2.77. The van der Waals surface area contributed by atoms with Gasteiger partial charge in [-0.15, -0.1) is 0 Å². The number of H-pyrrole nitrogens is 2. The van der Waals surface area contributed by atoms with Crippen LogP contribution in [0.5, 0.6) is 0 Å². The van der Waals surface area contributed by atoms with Crippen LogP contribution in [0, 0.1) is 0 Å². The molecule has 0 saturated heterocycles. The number of carboxylic acids is 2. The van der Waals surface area contributed by atoms with Crippen LogP contribution < -0.4 is 69.3 Å². The Kier molecular flexibility index (Phi) is 11.5. The van der Waals surface area contributed by atoms with Crippen LogP contribution in [-0.2, 0) is 0 Å². The maximum atomic E-state index is 9.93. The van der Waals surface area contributed by atoms with Crippen molar-refractivity contribution < 1.29 is 78.9 Å². The van der Waals surface area contributed by atoms with Crippen LogP contribution in [0.15, 0.2) is 36.9 Å². The van der Waals surface area contributed by atoms with E-state index in [1.165, 1.54) is 36.9 Å². The topological polar surface area (TPSA) is 112 Å². The van der Waals surface area contributed by atoms with E-state index in [4.69, 9.17) is 0 Å². The molecule has 0 saturated carbocycles. The average molecular weight is 266 g/mol. The number of carbonyl (C=O) groups is 2. The second kappa shape index (κ2) is 10.4. The Morgan fingerprint density at radius 2 is 1.17 bits per heavy atom. The molecule has 0 fully saturated rings. The summed E-state index contributed by atoms with van der Waals surface area (Å²) in [6, 6.07) is 2.88. The van der Waals surface area contributed by atoms with Crippen LogP contribution in [0.25, 0.3) is 0 Å². The molecule has 0 unspecified atom stereocenters. The van der Waals surface area contributed by atoms with E-state index in [2.05, 4.69) is 9.97 Å². The molecule has 2 rings (SSSR count). The number of hydrogen-bond donors (Lipinski definition) is 2. The van der Waals surface area contributed by atoms with Gasteiger partial charge in [0.1, 0.15) is 0 Å². The maximum Gasteiger partial charge on any atom is 1.00 e. The summed E-state index contributed by atoms with van der Waals surface area (Å²) in [5.41, 5.74) is 0.370. The van der Waals surface area contributed by atoms with Gasteiger partial charge < -0.3 is 29.8 Å². The van der Waals surface area contributed by atoms with Gasteiger partial charge in [-0.3, -0.25) is 0 Å². The second-order valence-corrected chi connectivity index (χ2v) is 2.77. The van der Waals surface area contributed by atoms with Crippen molar-refractivity contribution in [2.75, 3.05) is 0 Å². The molecular weight excluding hydrogens is 258 g/mol. The standard InChI is InChI=1S/2C5H5NO2.2Na/c2*7-5(8)4-1-2-6-3-4;;/h2*1-3,6H,(H,7,8);;/q;;2*+1/p-2. The summed E-state index contributed by atoms with van der Waals surface area (Å²) in [6.45, 7) is 0. The molecule has 0 atom stereocenters. The molecule has 0 radical (unpaired) electrons. The third kappa shape index (κ3) is 7.05. The van der Waals surface area contributed by atoms with E-state index in [0.29, 0.717) is 0 Å². The van der Waals surface area contributed by atoms with Crippen molar-refractivity contribution in [3.63, 3.8) is 0 Å². The van der Waals surface area contributed by atoms with E-state index >= 15 is 0 Å². The zero-order valence-corrected chi connectivity index (χ0v) is 14.1. The first kappa shape index (κ1) is 19.8. The third-order valence-electron chi connectivity index (χ3n) is 1.67. The molecule has 2 aromatic rings. The van der Waals surface area contributed by atoms with Crippen molar-refractivity contribution in [3.05, 3.63) is 48.0 Å². The zero-order chi connectivity index (χ0) is 12.0. The normalized spacial score (nSPS) is 8.00.